The average Bonchev–Trinajstić information content (AvgIpc) is 2.52. The molecule has 2 rings (SSSR count). The smallest absolute Gasteiger partial charge is 0.222 e. The Labute approximate surface area is 127 Å². The largest absolute Gasteiger partial charge is 0.494 e. The van der Waals surface area contributed by atoms with Crippen LogP contribution in [0.15, 0.2) is 18.2 Å². The summed E-state index contributed by atoms with van der Waals surface area (Å²) in [4.78, 5) is 14.1. The summed E-state index contributed by atoms with van der Waals surface area (Å²) in [5.41, 5.74) is 2.44. The van der Waals surface area contributed by atoms with Crippen molar-refractivity contribution in [3.8, 4) is 5.75 Å². The van der Waals surface area contributed by atoms with E-state index in [9.17, 15) is 4.79 Å². The van der Waals surface area contributed by atoms with E-state index in [4.69, 9.17) is 4.74 Å². The Hall–Kier alpha value is -1.55. The zero-order chi connectivity index (χ0) is 15.1. The number of rotatable bonds is 6. The first-order valence-electron chi connectivity index (χ1n) is 7.91. The van der Waals surface area contributed by atoms with Crippen LogP contribution >= 0.6 is 0 Å². The molecule has 1 saturated heterocycles. The molecule has 0 spiro atoms. The Morgan fingerprint density at radius 2 is 2.10 bits per heavy atom. The first-order chi connectivity index (χ1) is 10.2. The van der Waals surface area contributed by atoms with Crippen LogP contribution in [-0.2, 0) is 11.2 Å². The van der Waals surface area contributed by atoms with E-state index in [2.05, 4.69) is 31.3 Å². The molecule has 4 nitrogen and oxygen atoms in total. The van der Waals surface area contributed by atoms with E-state index in [-0.39, 0.29) is 5.91 Å². The van der Waals surface area contributed by atoms with Gasteiger partial charge in [-0.1, -0.05) is 13.0 Å². The number of hydrogen-bond donors (Lipinski definition) is 1. The molecule has 1 aromatic carbocycles. The van der Waals surface area contributed by atoms with Crippen molar-refractivity contribution in [2.24, 2.45) is 0 Å². The van der Waals surface area contributed by atoms with E-state index in [1.807, 2.05) is 11.0 Å². The molecule has 4 heteroatoms. The number of nitrogens with one attached hydrogen (secondary N) is 1. The molecule has 0 atom stereocenters. The summed E-state index contributed by atoms with van der Waals surface area (Å²) in [6.45, 7) is 8.43. The van der Waals surface area contributed by atoms with Crippen molar-refractivity contribution in [3.63, 3.8) is 0 Å². The van der Waals surface area contributed by atoms with Crippen molar-refractivity contribution in [2.75, 3.05) is 32.8 Å². The molecule has 1 aliphatic rings. The van der Waals surface area contributed by atoms with Crippen molar-refractivity contribution in [3.05, 3.63) is 29.3 Å². The van der Waals surface area contributed by atoms with Crippen LogP contribution in [-0.4, -0.2) is 43.6 Å². The fourth-order valence-electron chi connectivity index (χ4n) is 2.57. The van der Waals surface area contributed by atoms with Gasteiger partial charge in [-0.05, 0) is 43.0 Å². The first-order valence-corrected chi connectivity index (χ1v) is 7.91. The van der Waals surface area contributed by atoms with Gasteiger partial charge in [0.25, 0.3) is 0 Å². The highest BCUT2D eigenvalue weighted by Crippen LogP contribution is 2.19. The molecule has 0 aromatic heterocycles. The zero-order valence-corrected chi connectivity index (χ0v) is 13.2. The highest BCUT2D eigenvalue weighted by Gasteiger charge is 2.16. The van der Waals surface area contributed by atoms with Crippen LogP contribution < -0.4 is 10.1 Å². The van der Waals surface area contributed by atoms with Gasteiger partial charge in [0.15, 0.2) is 0 Å². The van der Waals surface area contributed by atoms with Crippen LogP contribution in [0.4, 0.5) is 0 Å². The van der Waals surface area contributed by atoms with Gasteiger partial charge in [0, 0.05) is 32.6 Å². The Kier molecular flexibility index (Phi) is 6.05. The second-order valence-corrected chi connectivity index (χ2v) is 5.57. The summed E-state index contributed by atoms with van der Waals surface area (Å²) in [7, 11) is 0. The minimum atomic E-state index is 0.266. The Balaban J connectivity index is 1.86. The van der Waals surface area contributed by atoms with Gasteiger partial charge in [0.1, 0.15) is 5.75 Å². The highest BCUT2D eigenvalue weighted by atomic mass is 16.5. The van der Waals surface area contributed by atoms with Gasteiger partial charge in [-0.15, -0.1) is 0 Å². The van der Waals surface area contributed by atoms with E-state index in [1.54, 1.807) is 0 Å². The molecular formula is C17H26N2O2. The van der Waals surface area contributed by atoms with E-state index >= 15 is 0 Å². The van der Waals surface area contributed by atoms with Gasteiger partial charge in [-0.25, -0.2) is 0 Å². The van der Waals surface area contributed by atoms with Gasteiger partial charge in [-0.3, -0.25) is 4.79 Å². The quantitative estimate of drug-likeness (QED) is 0.873. The predicted octanol–water partition coefficient (Wildman–Crippen LogP) is 2.15. The summed E-state index contributed by atoms with van der Waals surface area (Å²) < 4.78 is 5.63. The first kappa shape index (κ1) is 15.8. The lowest BCUT2D eigenvalue weighted by Crippen LogP contribution is -2.46. The van der Waals surface area contributed by atoms with Gasteiger partial charge in [-0.2, -0.15) is 0 Å². The zero-order valence-electron chi connectivity index (χ0n) is 13.2. The molecule has 1 fully saturated rings. The molecule has 0 bridgehead atoms. The Bertz CT molecular complexity index is 468. The third-order valence-corrected chi connectivity index (χ3v) is 3.86. The van der Waals surface area contributed by atoms with E-state index in [1.165, 1.54) is 11.1 Å². The fourth-order valence-corrected chi connectivity index (χ4v) is 2.57. The number of ether oxygens (including phenoxy) is 1. The minimum Gasteiger partial charge on any atom is -0.494 e. The standard InChI is InChI=1S/C17H26N2O2/c1-3-12-21-16-6-4-15(14(2)13-16)5-7-17(20)19-10-8-18-9-11-19/h4,6,13,18H,3,5,7-12H2,1-2H3. The topological polar surface area (TPSA) is 41.6 Å². The molecule has 1 aromatic rings. The van der Waals surface area contributed by atoms with Crippen molar-refractivity contribution < 1.29 is 9.53 Å². The molecule has 0 saturated carbocycles. The van der Waals surface area contributed by atoms with Crippen LogP contribution in [0.3, 0.4) is 0 Å². The lowest BCUT2D eigenvalue weighted by atomic mass is 10.0. The second-order valence-electron chi connectivity index (χ2n) is 5.57. The van der Waals surface area contributed by atoms with E-state index in [0.29, 0.717) is 6.42 Å². The molecule has 0 unspecified atom stereocenters. The van der Waals surface area contributed by atoms with Crippen molar-refractivity contribution in [2.45, 2.75) is 33.1 Å². The number of nitrogens with zero attached hydrogens (tertiary/aromatic N) is 1. The minimum absolute atomic E-state index is 0.266. The molecule has 0 radical (unpaired) electrons. The van der Waals surface area contributed by atoms with Crippen LogP contribution in [0, 0.1) is 6.92 Å². The number of amides is 1. The SMILES string of the molecule is CCCOc1ccc(CCC(=O)N2CCNCC2)c(C)c1. The maximum atomic E-state index is 12.2. The summed E-state index contributed by atoms with van der Waals surface area (Å²) in [6, 6.07) is 6.17. The predicted molar refractivity (Wildman–Crippen MR) is 84.7 cm³/mol. The molecule has 21 heavy (non-hydrogen) atoms. The number of piperazine rings is 1. The van der Waals surface area contributed by atoms with Crippen LogP contribution in [0.5, 0.6) is 5.75 Å². The maximum Gasteiger partial charge on any atom is 0.222 e. The van der Waals surface area contributed by atoms with Crippen molar-refractivity contribution in [1.29, 1.82) is 0 Å². The molecule has 1 aliphatic heterocycles. The van der Waals surface area contributed by atoms with Crippen molar-refractivity contribution in [1.82, 2.24) is 10.2 Å². The molecule has 0 aliphatic carbocycles. The molecule has 1 amide bonds. The monoisotopic (exact) mass is 290 g/mol. The van der Waals surface area contributed by atoms with E-state index in [0.717, 1.165) is 51.4 Å². The number of aryl methyl sites for hydroxylation is 2. The second kappa shape index (κ2) is 8.03. The van der Waals surface area contributed by atoms with Gasteiger partial charge >= 0.3 is 0 Å². The van der Waals surface area contributed by atoms with Gasteiger partial charge in [0.2, 0.25) is 5.91 Å². The molecule has 1 heterocycles. The lowest BCUT2D eigenvalue weighted by molar-refractivity contribution is -0.131. The molecular weight excluding hydrogens is 264 g/mol. The Morgan fingerprint density at radius 3 is 2.76 bits per heavy atom. The van der Waals surface area contributed by atoms with E-state index < -0.39 is 0 Å². The van der Waals surface area contributed by atoms with Crippen LogP contribution in [0.1, 0.15) is 30.9 Å². The third kappa shape index (κ3) is 4.74. The average molecular weight is 290 g/mol. The Morgan fingerprint density at radius 1 is 1.33 bits per heavy atom. The van der Waals surface area contributed by atoms with Crippen LogP contribution in [0.2, 0.25) is 0 Å². The molecule has 1 N–H and O–H groups in total. The third-order valence-electron chi connectivity index (χ3n) is 3.86. The summed E-state index contributed by atoms with van der Waals surface area (Å²) in [5.74, 6) is 1.19. The number of benzene rings is 1. The number of hydrogen-bond acceptors (Lipinski definition) is 3. The fraction of sp³-hybridized carbons (Fsp3) is 0.588. The maximum absolute atomic E-state index is 12.2. The number of carbonyl (C=O) groups excluding carboxylic acids is 1. The summed E-state index contributed by atoms with van der Waals surface area (Å²) in [6.07, 6.45) is 2.42. The van der Waals surface area contributed by atoms with Gasteiger partial charge < -0.3 is 15.0 Å². The lowest BCUT2D eigenvalue weighted by Gasteiger charge is -2.27. The summed E-state index contributed by atoms with van der Waals surface area (Å²) in [5, 5.41) is 3.27. The highest BCUT2D eigenvalue weighted by molar-refractivity contribution is 5.76. The van der Waals surface area contributed by atoms with Crippen molar-refractivity contribution >= 4 is 5.91 Å². The number of carbonyl (C=O) groups is 1. The van der Waals surface area contributed by atoms with Gasteiger partial charge in [0.05, 0.1) is 6.61 Å². The molecule has 116 valence electrons. The summed E-state index contributed by atoms with van der Waals surface area (Å²) >= 11 is 0. The van der Waals surface area contributed by atoms with Crippen LogP contribution in [0.25, 0.3) is 0 Å². The normalized spacial score (nSPS) is 15.0.